The van der Waals surface area contributed by atoms with Gasteiger partial charge in [-0.15, -0.1) is 0 Å². The molecule has 1 amide bonds. The van der Waals surface area contributed by atoms with E-state index < -0.39 is 0 Å². The zero-order valence-electron chi connectivity index (χ0n) is 13.0. The van der Waals surface area contributed by atoms with Gasteiger partial charge in [0, 0.05) is 18.7 Å². The van der Waals surface area contributed by atoms with Crippen molar-refractivity contribution < 1.29 is 9.53 Å². The van der Waals surface area contributed by atoms with E-state index in [0.29, 0.717) is 18.7 Å². The Balaban J connectivity index is 2.87. The maximum atomic E-state index is 12.6. The number of nitrogens with zero attached hydrogens (tertiary/aromatic N) is 1. The monoisotopic (exact) mass is 278 g/mol. The van der Waals surface area contributed by atoms with Crippen LogP contribution in [-0.2, 0) is 0 Å². The minimum atomic E-state index is -0.0721. The van der Waals surface area contributed by atoms with Crippen LogP contribution in [0.3, 0.4) is 0 Å². The molecule has 0 aliphatic rings. The Hall–Kier alpha value is -1.55. The standard InChI is InChI=1S/C16H26N2O2/c1-5-10-18(12-16(2,3)11-17)15(19)13-6-8-14(20-4)9-7-13/h6-9H,5,10-12,17H2,1-4H3. The molecule has 1 aromatic rings. The Labute approximate surface area is 121 Å². The highest BCUT2D eigenvalue weighted by Gasteiger charge is 2.24. The van der Waals surface area contributed by atoms with Crippen LogP contribution in [-0.4, -0.2) is 37.6 Å². The number of ether oxygens (including phenoxy) is 1. The van der Waals surface area contributed by atoms with Crippen LogP contribution in [0.4, 0.5) is 0 Å². The second-order valence-corrected chi connectivity index (χ2v) is 5.82. The number of hydrogen-bond acceptors (Lipinski definition) is 3. The number of carbonyl (C=O) groups excluding carboxylic acids is 1. The van der Waals surface area contributed by atoms with Gasteiger partial charge in [0.05, 0.1) is 7.11 Å². The van der Waals surface area contributed by atoms with Crippen LogP contribution in [0.2, 0.25) is 0 Å². The number of benzene rings is 1. The molecular formula is C16H26N2O2. The molecule has 0 unspecified atom stereocenters. The first-order valence-corrected chi connectivity index (χ1v) is 7.07. The Kier molecular flexibility index (Phi) is 6.02. The first kappa shape index (κ1) is 16.5. The summed E-state index contributed by atoms with van der Waals surface area (Å²) >= 11 is 0. The van der Waals surface area contributed by atoms with Gasteiger partial charge in [-0.3, -0.25) is 4.79 Å². The lowest BCUT2D eigenvalue weighted by Gasteiger charge is -2.31. The van der Waals surface area contributed by atoms with Crippen LogP contribution in [0.15, 0.2) is 24.3 Å². The Bertz CT molecular complexity index is 427. The van der Waals surface area contributed by atoms with Crippen molar-refractivity contribution in [2.45, 2.75) is 27.2 Å². The molecule has 0 bridgehead atoms. The third kappa shape index (κ3) is 4.53. The average Bonchev–Trinajstić information content (AvgIpc) is 2.46. The van der Waals surface area contributed by atoms with Crippen LogP contribution in [0.25, 0.3) is 0 Å². The van der Waals surface area contributed by atoms with Gasteiger partial charge in [0.15, 0.2) is 0 Å². The fourth-order valence-electron chi connectivity index (χ4n) is 2.02. The third-order valence-corrected chi connectivity index (χ3v) is 3.29. The lowest BCUT2D eigenvalue weighted by atomic mass is 9.92. The predicted octanol–water partition coefficient (Wildman–Crippen LogP) is 2.53. The highest BCUT2D eigenvalue weighted by atomic mass is 16.5. The molecule has 0 saturated heterocycles. The Morgan fingerprint density at radius 1 is 1.30 bits per heavy atom. The summed E-state index contributed by atoms with van der Waals surface area (Å²) in [6, 6.07) is 7.23. The van der Waals surface area contributed by atoms with E-state index in [1.807, 2.05) is 17.0 Å². The molecule has 1 rings (SSSR count). The maximum absolute atomic E-state index is 12.6. The molecule has 0 saturated carbocycles. The number of carbonyl (C=O) groups is 1. The fourth-order valence-corrected chi connectivity index (χ4v) is 2.02. The quantitative estimate of drug-likeness (QED) is 0.834. The first-order valence-electron chi connectivity index (χ1n) is 7.07. The predicted molar refractivity (Wildman–Crippen MR) is 82.0 cm³/mol. The Morgan fingerprint density at radius 3 is 2.35 bits per heavy atom. The summed E-state index contributed by atoms with van der Waals surface area (Å²) in [6.45, 7) is 8.21. The van der Waals surface area contributed by atoms with Gasteiger partial charge in [0.25, 0.3) is 5.91 Å². The van der Waals surface area contributed by atoms with Gasteiger partial charge in [-0.05, 0) is 42.6 Å². The number of hydrogen-bond donors (Lipinski definition) is 1. The summed E-state index contributed by atoms with van der Waals surface area (Å²) in [6.07, 6.45) is 0.933. The molecule has 4 nitrogen and oxygen atoms in total. The van der Waals surface area contributed by atoms with Gasteiger partial charge >= 0.3 is 0 Å². The normalized spacial score (nSPS) is 11.2. The molecular weight excluding hydrogens is 252 g/mol. The van der Waals surface area contributed by atoms with Crippen molar-refractivity contribution in [2.75, 3.05) is 26.7 Å². The van der Waals surface area contributed by atoms with Crippen molar-refractivity contribution in [1.82, 2.24) is 4.90 Å². The molecule has 4 heteroatoms. The summed E-state index contributed by atoms with van der Waals surface area (Å²) in [4.78, 5) is 14.5. The lowest BCUT2D eigenvalue weighted by Crippen LogP contribution is -2.42. The average molecular weight is 278 g/mol. The zero-order chi connectivity index (χ0) is 15.2. The van der Waals surface area contributed by atoms with E-state index in [4.69, 9.17) is 10.5 Å². The number of amides is 1. The second kappa shape index (κ2) is 7.29. The van der Waals surface area contributed by atoms with Crippen molar-refractivity contribution in [2.24, 2.45) is 11.1 Å². The van der Waals surface area contributed by atoms with Crippen LogP contribution in [0.1, 0.15) is 37.6 Å². The van der Waals surface area contributed by atoms with Gasteiger partial charge in [-0.1, -0.05) is 20.8 Å². The summed E-state index contributed by atoms with van der Waals surface area (Å²) in [5, 5.41) is 0. The molecule has 20 heavy (non-hydrogen) atoms. The smallest absolute Gasteiger partial charge is 0.253 e. The minimum Gasteiger partial charge on any atom is -0.497 e. The minimum absolute atomic E-state index is 0.0519. The molecule has 0 spiro atoms. The van der Waals surface area contributed by atoms with E-state index in [2.05, 4.69) is 20.8 Å². The van der Waals surface area contributed by atoms with Crippen LogP contribution in [0, 0.1) is 5.41 Å². The second-order valence-electron chi connectivity index (χ2n) is 5.82. The highest BCUT2D eigenvalue weighted by Crippen LogP contribution is 2.18. The summed E-state index contributed by atoms with van der Waals surface area (Å²) in [7, 11) is 1.62. The van der Waals surface area contributed by atoms with Crippen LogP contribution < -0.4 is 10.5 Å². The summed E-state index contributed by atoms with van der Waals surface area (Å²) in [5.74, 6) is 0.807. The molecule has 2 N–H and O–H groups in total. The van der Waals surface area contributed by atoms with E-state index >= 15 is 0 Å². The van der Waals surface area contributed by atoms with Crippen LogP contribution >= 0.6 is 0 Å². The molecule has 0 aliphatic heterocycles. The van der Waals surface area contributed by atoms with E-state index in [1.165, 1.54) is 0 Å². The van der Waals surface area contributed by atoms with Gasteiger partial charge in [-0.2, -0.15) is 0 Å². The third-order valence-electron chi connectivity index (χ3n) is 3.29. The van der Waals surface area contributed by atoms with Crippen molar-refractivity contribution in [3.05, 3.63) is 29.8 Å². The van der Waals surface area contributed by atoms with Gasteiger partial charge in [0.1, 0.15) is 5.75 Å². The summed E-state index contributed by atoms with van der Waals surface area (Å²) in [5.41, 5.74) is 6.39. The largest absolute Gasteiger partial charge is 0.497 e. The first-order chi connectivity index (χ1) is 9.43. The van der Waals surface area contributed by atoms with Gasteiger partial charge in [0.2, 0.25) is 0 Å². The molecule has 1 aromatic carbocycles. The number of rotatable bonds is 7. The van der Waals surface area contributed by atoms with E-state index in [9.17, 15) is 4.79 Å². The van der Waals surface area contributed by atoms with E-state index in [0.717, 1.165) is 18.7 Å². The molecule has 0 aliphatic carbocycles. The highest BCUT2D eigenvalue weighted by molar-refractivity contribution is 5.94. The van der Waals surface area contributed by atoms with Crippen molar-refractivity contribution in [3.63, 3.8) is 0 Å². The number of methoxy groups -OCH3 is 1. The molecule has 0 aromatic heterocycles. The fraction of sp³-hybridized carbons (Fsp3) is 0.562. The Morgan fingerprint density at radius 2 is 1.90 bits per heavy atom. The molecule has 112 valence electrons. The zero-order valence-corrected chi connectivity index (χ0v) is 13.0. The maximum Gasteiger partial charge on any atom is 0.253 e. The summed E-state index contributed by atoms with van der Waals surface area (Å²) < 4.78 is 5.11. The molecule has 0 radical (unpaired) electrons. The molecule has 0 atom stereocenters. The molecule has 0 fully saturated rings. The number of nitrogens with two attached hydrogens (primary N) is 1. The van der Waals surface area contributed by atoms with Crippen molar-refractivity contribution in [3.8, 4) is 5.75 Å². The van der Waals surface area contributed by atoms with Gasteiger partial charge < -0.3 is 15.4 Å². The van der Waals surface area contributed by atoms with Crippen molar-refractivity contribution in [1.29, 1.82) is 0 Å². The van der Waals surface area contributed by atoms with Crippen molar-refractivity contribution >= 4 is 5.91 Å². The molecule has 0 heterocycles. The van der Waals surface area contributed by atoms with E-state index in [1.54, 1.807) is 19.2 Å². The van der Waals surface area contributed by atoms with Gasteiger partial charge in [-0.25, -0.2) is 0 Å². The topological polar surface area (TPSA) is 55.6 Å². The SMILES string of the molecule is CCCN(CC(C)(C)CN)C(=O)c1ccc(OC)cc1. The van der Waals surface area contributed by atoms with E-state index in [-0.39, 0.29) is 11.3 Å². The van der Waals surface area contributed by atoms with Crippen LogP contribution in [0.5, 0.6) is 5.75 Å². The lowest BCUT2D eigenvalue weighted by molar-refractivity contribution is 0.0689.